The number of hydrazone groups is 1. The summed E-state index contributed by atoms with van der Waals surface area (Å²) in [5.74, 6) is 0.879. The Morgan fingerprint density at radius 3 is 2.77 bits per heavy atom. The molecule has 2 heterocycles. The molecule has 3 rings (SSSR count). The fourth-order valence-corrected chi connectivity index (χ4v) is 2.37. The molecule has 0 bridgehead atoms. The molecule has 0 saturated carbocycles. The molecule has 1 N–H and O–H groups in total. The molecule has 1 aromatic carbocycles. The summed E-state index contributed by atoms with van der Waals surface area (Å²) in [5, 5.41) is 4.15. The van der Waals surface area contributed by atoms with E-state index < -0.39 is 0 Å². The molecule has 1 aliphatic rings. The van der Waals surface area contributed by atoms with Gasteiger partial charge in [0.05, 0.1) is 5.71 Å². The fraction of sp³-hybridized carbons (Fsp3) is 0.235. The summed E-state index contributed by atoms with van der Waals surface area (Å²) in [6, 6.07) is 11.6. The van der Waals surface area contributed by atoms with Crippen LogP contribution >= 0.6 is 0 Å². The number of aromatic nitrogens is 1. The van der Waals surface area contributed by atoms with Crippen LogP contribution in [-0.4, -0.2) is 16.6 Å². The number of carbonyl (C=O) groups is 1. The molecule has 0 saturated heterocycles. The van der Waals surface area contributed by atoms with Crippen LogP contribution in [0.15, 0.2) is 53.9 Å². The minimum absolute atomic E-state index is 0.0346. The largest absolute Gasteiger partial charge is 0.489 e. The van der Waals surface area contributed by atoms with Crippen molar-refractivity contribution in [2.75, 3.05) is 0 Å². The van der Waals surface area contributed by atoms with Gasteiger partial charge in [-0.2, -0.15) is 5.10 Å². The van der Waals surface area contributed by atoms with Gasteiger partial charge in [0.2, 0.25) is 5.91 Å². The van der Waals surface area contributed by atoms with Gasteiger partial charge in [0.15, 0.2) is 0 Å². The van der Waals surface area contributed by atoms with Crippen molar-refractivity contribution < 1.29 is 9.53 Å². The molecule has 2 aromatic rings. The Hall–Kier alpha value is -2.69. The number of amides is 1. The summed E-state index contributed by atoms with van der Waals surface area (Å²) >= 11 is 0. The third-order valence-electron chi connectivity index (χ3n) is 3.54. The predicted octanol–water partition coefficient (Wildman–Crippen LogP) is 2.52. The van der Waals surface area contributed by atoms with E-state index in [1.807, 2.05) is 43.3 Å². The minimum Gasteiger partial charge on any atom is -0.489 e. The van der Waals surface area contributed by atoms with E-state index in [0.717, 1.165) is 22.6 Å². The summed E-state index contributed by atoms with van der Waals surface area (Å²) in [7, 11) is 0. The zero-order valence-electron chi connectivity index (χ0n) is 12.3. The highest BCUT2D eigenvalue weighted by atomic mass is 16.5. The standard InChI is InChI=1S/C17H17N3O2/c1-12-9-16(21)19-20-17(12)14-4-6-15(7-5-14)22-11-13-3-2-8-18-10-13/h2-8,10,12H,9,11H2,1H3,(H,19,21). The van der Waals surface area contributed by atoms with E-state index in [4.69, 9.17) is 4.74 Å². The van der Waals surface area contributed by atoms with Gasteiger partial charge >= 0.3 is 0 Å². The maximum atomic E-state index is 11.3. The Bertz CT molecular complexity index is 681. The maximum Gasteiger partial charge on any atom is 0.240 e. The zero-order chi connectivity index (χ0) is 15.4. The molecule has 0 spiro atoms. The average molecular weight is 295 g/mol. The predicted molar refractivity (Wildman–Crippen MR) is 83.5 cm³/mol. The highest BCUT2D eigenvalue weighted by Gasteiger charge is 2.21. The molecule has 1 amide bonds. The smallest absolute Gasteiger partial charge is 0.240 e. The van der Waals surface area contributed by atoms with Crippen molar-refractivity contribution >= 4 is 11.6 Å². The maximum absolute atomic E-state index is 11.3. The van der Waals surface area contributed by atoms with Gasteiger partial charge in [-0.1, -0.05) is 13.0 Å². The first-order valence-electron chi connectivity index (χ1n) is 7.21. The van der Waals surface area contributed by atoms with Gasteiger partial charge < -0.3 is 4.74 Å². The first kappa shape index (κ1) is 14.3. The molecule has 112 valence electrons. The number of rotatable bonds is 4. The van der Waals surface area contributed by atoms with E-state index in [1.54, 1.807) is 12.4 Å². The van der Waals surface area contributed by atoms with Gasteiger partial charge in [0.1, 0.15) is 12.4 Å². The van der Waals surface area contributed by atoms with E-state index in [2.05, 4.69) is 15.5 Å². The van der Waals surface area contributed by atoms with Crippen molar-refractivity contribution in [3.05, 3.63) is 59.9 Å². The van der Waals surface area contributed by atoms with E-state index in [0.29, 0.717) is 13.0 Å². The van der Waals surface area contributed by atoms with Crippen molar-refractivity contribution in [2.24, 2.45) is 11.0 Å². The molecular weight excluding hydrogens is 278 g/mol. The monoisotopic (exact) mass is 295 g/mol. The van der Waals surface area contributed by atoms with Crippen LogP contribution in [0.4, 0.5) is 0 Å². The molecule has 0 radical (unpaired) electrons. The van der Waals surface area contributed by atoms with Crippen LogP contribution in [0.25, 0.3) is 0 Å². The number of nitrogens with one attached hydrogen (secondary N) is 1. The number of nitrogens with zero attached hydrogens (tertiary/aromatic N) is 2. The molecule has 0 aliphatic carbocycles. The number of hydrogen-bond donors (Lipinski definition) is 1. The van der Waals surface area contributed by atoms with Crippen molar-refractivity contribution in [2.45, 2.75) is 20.0 Å². The molecule has 5 heteroatoms. The summed E-state index contributed by atoms with van der Waals surface area (Å²) in [6.07, 6.45) is 4.00. The Kier molecular flexibility index (Phi) is 4.14. The van der Waals surface area contributed by atoms with Crippen LogP contribution in [0.5, 0.6) is 5.75 Å². The third kappa shape index (κ3) is 3.31. The first-order valence-corrected chi connectivity index (χ1v) is 7.21. The van der Waals surface area contributed by atoms with Gasteiger partial charge in [-0.25, -0.2) is 5.43 Å². The average Bonchev–Trinajstić information content (AvgIpc) is 2.55. The Balaban J connectivity index is 1.67. The second-order valence-corrected chi connectivity index (χ2v) is 5.31. The van der Waals surface area contributed by atoms with Crippen molar-refractivity contribution in [3.63, 3.8) is 0 Å². The number of benzene rings is 1. The lowest BCUT2D eigenvalue weighted by atomic mass is 9.94. The molecule has 1 atom stereocenters. The van der Waals surface area contributed by atoms with Crippen molar-refractivity contribution in [3.8, 4) is 5.75 Å². The van der Waals surface area contributed by atoms with E-state index >= 15 is 0 Å². The van der Waals surface area contributed by atoms with Crippen LogP contribution < -0.4 is 10.2 Å². The van der Waals surface area contributed by atoms with Gasteiger partial charge in [-0.05, 0) is 35.9 Å². The van der Waals surface area contributed by atoms with Crippen LogP contribution in [0.1, 0.15) is 24.5 Å². The van der Waals surface area contributed by atoms with E-state index in [1.165, 1.54) is 0 Å². The second-order valence-electron chi connectivity index (χ2n) is 5.31. The number of ether oxygens (including phenoxy) is 1. The van der Waals surface area contributed by atoms with Crippen LogP contribution in [0.3, 0.4) is 0 Å². The molecule has 1 unspecified atom stereocenters. The molecule has 0 fully saturated rings. The number of pyridine rings is 1. The summed E-state index contributed by atoms with van der Waals surface area (Å²) in [5.41, 5.74) is 5.46. The minimum atomic E-state index is -0.0346. The van der Waals surface area contributed by atoms with Gasteiger partial charge in [-0.15, -0.1) is 0 Å². The van der Waals surface area contributed by atoms with Gasteiger partial charge in [0, 0.05) is 30.3 Å². The highest BCUT2D eigenvalue weighted by molar-refractivity contribution is 6.05. The highest BCUT2D eigenvalue weighted by Crippen LogP contribution is 2.20. The molecule has 22 heavy (non-hydrogen) atoms. The Morgan fingerprint density at radius 1 is 1.27 bits per heavy atom. The second kappa shape index (κ2) is 6.39. The number of carbonyl (C=O) groups excluding carboxylic acids is 1. The lowest BCUT2D eigenvalue weighted by Gasteiger charge is -2.19. The number of hydrogen-bond acceptors (Lipinski definition) is 4. The van der Waals surface area contributed by atoms with Crippen molar-refractivity contribution in [1.29, 1.82) is 0 Å². The normalized spacial score (nSPS) is 17.6. The SMILES string of the molecule is CC1CC(=O)NN=C1c1ccc(OCc2cccnc2)cc1. The Labute approximate surface area is 129 Å². The zero-order valence-corrected chi connectivity index (χ0v) is 12.3. The summed E-state index contributed by atoms with van der Waals surface area (Å²) in [6.45, 7) is 2.49. The summed E-state index contributed by atoms with van der Waals surface area (Å²) < 4.78 is 5.73. The lowest BCUT2D eigenvalue weighted by molar-refractivity contribution is -0.121. The fourth-order valence-electron chi connectivity index (χ4n) is 2.37. The van der Waals surface area contributed by atoms with Gasteiger partial charge in [0.25, 0.3) is 0 Å². The quantitative estimate of drug-likeness (QED) is 0.942. The first-order chi connectivity index (χ1) is 10.7. The van der Waals surface area contributed by atoms with E-state index in [9.17, 15) is 4.79 Å². The van der Waals surface area contributed by atoms with E-state index in [-0.39, 0.29) is 11.8 Å². The van der Waals surface area contributed by atoms with Crippen LogP contribution in [-0.2, 0) is 11.4 Å². The molecule has 1 aliphatic heterocycles. The summed E-state index contributed by atoms with van der Waals surface area (Å²) in [4.78, 5) is 15.3. The molecule has 5 nitrogen and oxygen atoms in total. The van der Waals surface area contributed by atoms with Crippen LogP contribution in [0.2, 0.25) is 0 Å². The van der Waals surface area contributed by atoms with Crippen molar-refractivity contribution in [1.82, 2.24) is 10.4 Å². The van der Waals surface area contributed by atoms with Gasteiger partial charge in [-0.3, -0.25) is 9.78 Å². The lowest BCUT2D eigenvalue weighted by Crippen LogP contribution is -2.31. The third-order valence-corrected chi connectivity index (χ3v) is 3.54. The Morgan fingerprint density at radius 2 is 2.09 bits per heavy atom. The topological polar surface area (TPSA) is 63.6 Å². The molecular formula is C17H17N3O2. The van der Waals surface area contributed by atoms with Crippen LogP contribution in [0, 0.1) is 5.92 Å². The molecule has 1 aromatic heterocycles.